The SMILES string of the molecule is C=C(Cl)c1cnn(-c2ccc(S(=O)(=O)N[C@@]3(C(=O)O)[C@H](C)[C@@H]3c3ccccc3)s2)c1. The van der Waals surface area contributed by atoms with E-state index in [0.717, 1.165) is 16.9 Å². The van der Waals surface area contributed by atoms with Crippen LogP contribution in [0.3, 0.4) is 0 Å². The van der Waals surface area contributed by atoms with Crippen LogP contribution in [0.4, 0.5) is 0 Å². The third-order valence-electron chi connectivity index (χ3n) is 5.37. The van der Waals surface area contributed by atoms with Gasteiger partial charge in [0.05, 0.1) is 6.20 Å². The number of carbonyl (C=O) groups is 1. The number of halogens is 1. The normalized spacial score (nSPS) is 23.3. The zero-order valence-electron chi connectivity index (χ0n) is 15.8. The number of aromatic nitrogens is 2. The molecule has 1 aromatic carbocycles. The maximum absolute atomic E-state index is 13.0. The van der Waals surface area contributed by atoms with Crippen LogP contribution in [0.25, 0.3) is 10.0 Å². The number of nitrogens with zero attached hydrogens (tertiary/aromatic N) is 2. The lowest BCUT2D eigenvalue weighted by molar-refractivity contribution is -0.140. The van der Waals surface area contributed by atoms with Gasteiger partial charge in [0, 0.05) is 22.7 Å². The number of nitrogens with one attached hydrogen (secondary N) is 1. The standard InChI is InChI=1S/C20H18ClN3O4S2/c1-12-18(14-6-4-3-5-7-14)20(12,19(25)26)23-30(27,28)17-9-8-16(29-17)24-11-15(10-22-24)13(2)21/h3-12,18,23H,2H2,1H3,(H,25,26)/t12-,18-,20+/m1/s1. The molecule has 0 spiro atoms. The van der Waals surface area contributed by atoms with E-state index in [0.29, 0.717) is 15.6 Å². The molecule has 0 amide bonds. The van der Waals surface area contributed by atoms with Crippen molar-refractivity contribution < 1.29 is 18.3 Å². The van der Waals surface area contributed by atoms with E-state index in [-0.39, 0.29) is 4.21 Å². The predicted octanol–water partition coefficient (Wildman–Crippen LogP) is 3.68. The number of rotatable bonds is 7. The van der Waals surface area contributed by atoms with Crippen molar-refractivity contribution in [2.24, 2.45) is 5.92 Å². The zero-order chi connectivity index (χ0) is 21.7. The summed E-state index contributed by atoms with van der Waals surface area (Å²) in [4.78, 5) is 12.1. The first kappa shape index (κ1) is 20.8. The molecule has 7 nitrogen and oxygen atoms in total. The summed E-state index contributed by atoms with van der Waals surface area (Å²) >= 11 is 6.84. The van der Waals surface area contributed by atoms with E-state index in [1.165, 1.54) is 16.9 Å². The highest BCUT2D eigenvalue weighted by Gasteiger charge is 2.70. The highest BCUT2D eigenvalue weighted by atomic mass is 35.5. The summed E-state index contributed by atoms with van der Waals surface area (Å²) in [5.74, 6) is -2.04. The van der Waals surface area contributed by atoms with Gasteiger partial charge >= 0.3 is 5.97 Å². The summed E-state index contributed by atoms with van der Waals surface area (Å²) in [5, 5.41) is 14.9. The minimum absolute atomic E-state index is 0.00536. The lowest BCUT2D eigenvalue weighted by atomic mass is 10.1. The smallest absolute Gasteiger partial charge is 0.325 e. The number of carboxylic acids is 1. The molecule has 1 saturated carbocycles. The second-order valence-corrected chi connectivity index (χ2v) is 10.6. The number of carboxylic acid groups (broad SMARTS) is 1. The molecule has 3 aromatic rings. The highest BCUT2D eigenvalue weighted by molar-refractivity contribution is 7.91. The van der Waals surface area contributed by atoms with Crippen molar-refractivity contribution in [2.45, 2.75) is 22.6 Å². The van der Waals surface area contributed by atoms with Gasteiger partial charge in [-0.2, -0.15) is 9.82 Å². The summed E-state index contributed by atoms with van der Waals surface area (Å²) < 4.78 is 30.0. The lowest BCUT2D eigenvalue weighted by Gasteiger charge is -2.15. The van der Waals surface area contributed by atoms with Crippen molar-refractivity contribution in [3.63, 3.8) is 0 Å². The molecule has 30 heavy (non-hydrogen) atoms. The Hall–Kier alpha value is -2.46. The minimum Gasteiger partial charge on any atom is -0.480 e. The first-order valence-corrected chi connectivity index (χ1v) is 11.7. The number of thiophene rings is 1. The maximum atomic E-state index is 13.0. The Balaban J connectivity index is 1.63. The third kappa shape index (κ3) is 3.37. The molecule has 4 rings (SSSR count). The van der Waals surface area contributed by atoms with Crippen LogP contribution in [0.1, 0.15) is 24.0 Å². The maximum Gasteiger partial charge on any atom is 0.325 e. The minimum atomic E-state index is -4.07. The van der Waals surface area contributed by atoms with E-state index in [2.05, 4.69) is 16.4 Å². The summed E-state index contributed by atoms with van der Waals surface area (Å²) in [6, 6.07) is 12.1. The molecule has 0 unspecified atom stereocenters. The molecule has 1 aliphatic carbocycles. The highest BCUT2D eigenvalue weighted by Crippen LogP contribution is 2.58. The topological polar surface area (TPSA) is 101 Å². The van der Waals surface area contributed by atoms with Crippen molar-refractivity contribution in [3.05, 3.63) is 72.6 Å². The quantitative estimate of drug-likeness (QED) is 0.556. The van der Waals surface area contributed by atoms with E-state index >= 15 is 0 Å². The first-order chi connectivity index (χ1) is 14.2. The van der Waals surface area contributed by atoms with Gasteiger partial charge in [-0.25, -0.2) is 13.1 Å². The van der Waals surface area contributed by atoms with Gasteiger partial charge in [0.25, 0.3) is 10.0 Å². The fourth-order valence-electron chi connectivity index (χ4n) is 3.73. The Kier molecular flexibility index (Phi) is 5.09. The Labute approximate surface area is 182 Å². The van der Waals surface area contributed by atoms with Gasteiger partial charge in [0.1, 0.15) is 14.7 Å². The molecular weight excluding hydrogens is 446 g/mol. The van der Waals surface area contributed by atoms with Crippen molar-refractivity contribution in [1.29, 1.82) is 0 Å². The van der Waals surface area contributed by atoms with Crippen LogP contribution in [0, 0.1) is 5.92 Å². The average Bonchev–Trinajstić information content (AvgIpc) is 3.14. The summed E-state index contributed by atoms with van der Waals surface area (Å²) in [6.07, 6.45) is 3.16. The van der Waals surface area contributed by atoms with Gasteiger partial charge < -0.3 is 5.11 Å². The monoisotopic (exact) mass is 463 g/mol. The molecule has 0 saturated heterocycles. The summed E-state index contributed by atoms with van der Waals surface area (Å²) in [7, 11) is -4.07. The van der Waals surface area contributed by atoms with Crippen LogP contribution in [-0.4, -0.2) is 34.8 Å². The number of hydrogen-bond donors (Lipinski definition) is 2. The fraction of sp³-hybridized carbons (Fsp3) is 0.200. The average molecular weight is 464 g/mol. The van der Waals surface area contributed by atoms with Crippen LogP contribution < -0.4 is 4.72 Å². The Morgan fingerprint density at radius 3 is 2.60 bits per heavy atom. The third-order valence-corrected chi connectivity index (χ3v) is 8.64. The Morgan fingerprint density at radius 2 is 2.00 bits per heavy atom. The molecule has 1 aliphatic rings. The molecule has 2 N–H and O–H groups in total. The van der Waals surface area contributed by atoms with E-state index in [4.69, 9.17) is 11.6 Å². The molecule has 0 aliphatic heterocycles. The second kappa shape index (κ2) is 7.35. The van der Waals surface area contributed by atoms with Crippen LogP contribution in [0.2, 0.25) is 0 Å². The van der Waals surface area contributed by atoms with Crippen molar-refractivity contribution in [3.8, 4) is 5.00 Å². The van der Waals surface area contributed by atoms with Crippen LogP contribution in [0.5, 0.6) is 0 Å². The van der Waals surface area contributed by atoms with Gasteiger partial charge in [-0.3, -0.25) is 4.79 Å². The van der Waals surface area contributed by atoms with E-state index in [9.17, 15) is 18.3 Å². The molecule has 10 heteroatoms. The molecular formula is C20H18ClN3O4S2. The van der Waals surface area contributed by atoms with Crippen LogP contribution >= 0.6 is 22.9 Å². The molecule has 2 aromatic heterocycles. The largest absolute Gasteiger partial charge is 0.480 e. The fourth-order valence-corrected chi connectivity index (χ4v) is 6.52. The number of benzene rings is 1. The first-order valence-electron chi connectivity index (χ1n) is 8.99. The molecule has 3 atom stereocenters. The van der Waals surface area contributed by atoms with Gasteiger partial charge in [-0.15, -0.1) is 11.3 Å². The molecule has 156 valence electrons. The number of sulfonamides is 1. The molecule has 0 radical (unpaired) electrons. The second-order valence-electron chi connectivity index (χ2n) is 7.13. The van der Waals surface area contributed by atoms with Crippen molar-refractivity contribution in [2.75, 3.05) is 0 Å². The molecule has 1 fully saturated rings. The van der Waals surface area contributed by atoms with Gasteiger partial charge in [-0.1, -0.05) is 55.4 Å². The van der Waals surface area contributed by atoms with Gasteiger partial charge in [0.2, 0.25) is 0 Å². The zero-order valence-corrected chi connectivity index (χ0v) is 18.2. The van der Waals surface area contributed by atoms with Crippen molar-refractivity contribution >= 4 is 44.0 Å². The molecule has 2 heterocycles. The number of hydrogen-bond acceptors (Lipinski definition) is 5. The lowest BCUT2D eigenvalue weighted by Crippen LogP contribution is -2.45. The van der Waals surface area contributed by atoms with E-state index in [1.807, 2.05) is 18.2 Å². The Morgan fingerprint density at radius 1 is 1.30 bits per heavy atom. The predicted molar refractivity (Wildman–Crippen MR) is 115 cm³/mol. The van der Waals surface area contributed by atoms with Gasteiger partial charge in [0.15, 0.2) is 0 Å². The van der Waals surface area contributed by atoms with Crippen LogP contribution in [-0.2, 0) is 14.8 Å². The van der Waals surface area contributed by atoms with Crippen LogP contribution in [0.15, 0.2) is 65.6 Å². The van der Waals surface area contributed by atoms with Gasteiger partial charge in [-0.05, 0) is 23.6 Å². The Bertz CT molecular complexity index is 1240. The number of aliphatic carboxylic acids is 1. The van der Waals surface area contributed by atoms with E-state index in [1.54, 1.807) is 31.3 Å². The summed E-state index contributed by atoms with van der Waals surface area (Å²) in [5.41, 5.74) is -0.179. The van der Waals surface area contributed by atoms with E-state index < -0.39 is 33.4 Å². The summed E-state index contributed by atoms with van der Waals surface area (Å²) in [6.45, 7) is 5.37. The van der Waals surface area contributed by atoms with Crippen molar-refractivity contribution in [1.82, 2.24) is 14.5 Å². The molecule has 0 bridgehead atoms.